The van der Waals surface area contributed by atoms with Gasteiger partial charge in [-0.2, -0.15) is 0 Å². The van der Waals surface area contributed by atoms with Gasteiger partial charge in [-0.25, -0.2) is 4.98 Å². The third kappa shape index (κ3) is 2.88. The standard InChI is InChI=1S/C25H22N4O3/c1-25-12-16(25)22(30)18-20(27-15-5-3-2-4-6-15)19(29-21(18)23(25)31)14-9-10-26-17(11-14)28-24(32)13-7-8-13/h2-6,9-11,13,16,27,29H,7-8,12H2,1H3,(H,26,28,32). The molecule has 0 spiro atoms. The van der Waals surface area contributed by atoms with E-state index in [0.717, 1.165) is 24.1 Å². The minimum absolute atomic E-state index is 0.000605. The van der Waals surface area contributed by atoms with Crippen LogP contribution < -0.4 is 10.6 Å². The molecule has 3 aromatic rings. The number of H-pyrrole nitrogens is 1. The number of Topliss-reactive ketones (excluding diaryl/α,β-unsaturated/α-hetero) is 2. The summed E-state index contributed by atoms with van der Waals surface area (Å²) in [6, 6.07) is 13.1. The van der Waals surface area contributed by atoms with Crippen LogP contribution in [0.25, 0.3) is 11.3 Å². The van der Waals surface area contributed by atoms with Crippen molar-refractivity contribution in [1.82, 2.24) is 9.97 Å². The largest absolute Gasteiger partial charge is 0.353 e. The second-order valence-electron chi connectivity index (χ2n) is 9.18. The quantitative estimate of drug-likeness (QED) is 0.554. The number of nitrogens with zero attached hydrogens (tertiary/aromatic N) is 1. The Balaban J connectivity index is 1.46. The molecule has 0 saturated heterocycles. The molecular weight excluding hydrogens is 404 g/mol. The number of aromatic amines is 1. The smallest absolute Gasteiger partial charge is 0.228 e. The van der Waals surface area contributed by atoms with Crippen LogP contribution in [0.4, 0.5) is 17.2 Å². The van der Waals surface area contributed by atoms with Gasteiger partial charge in [0.25, 0.3) is 0 Å². The number of anilines is 3. The van der Waals surface area contributed by atoms with Gasteiger partial charge in [-0.05, 0) is 43.5 Å². The maximum Gasteiger partial charge on any atom is 0.228 e. The van der Waals surface area contributed by atoms with Crippen LogP contribution >= 0.6 is 0 Å². The third-order valence-electron chi connectivity index (χ3n) is 6.84. The van der Waals surface area contributed by atoms with Gasteiger partial charge in [0.05, 0.1) is 22.6 Å². The number of amides is 1. The van der Waals surface area contributed by atoms with Crippen LogP contribution in [0.3, 0.4) is 0 Å². The summed E-state index contributed by atoms with van der Waals surface area (Å²) in [7, 11) is 0. The first-order valence-corrected chi connectivity index (χ1v) is 10.9. The molecule has 2 fully saturated rings. The van der Waals surface area contributed by atoms with Crippen LogP contribution in [0.5, 0.6) is 0 Å². The topological polar surface area (TPSA) is 104 Å². The number of hydrogen-bond acceptors (Lipinski definition) is 5. The number of carbonyl (C=O) groups is 3. The molecule has 7 nitrogen and oxygen atoms in total. The Kier molecular flexibility index (Phi) is 3.93. The molecule has 160 valence electrons. The van der Waals surface area contributed by atoms with Crippen LogP contribution in [0.2, 0.25) is 0 Å². The summed E-state index contributed by atoms with van der Waals surface area (Å²) in [5.41, 5.74) is 2.96. The first-order valence-electron chi connectivity index (χ1n) is 10.9. The number of para-hydroxylation sites is 1. The zero-order valence-corrected chi connectivity index (χ0v) is 17.6. The molecule has 32 heavy (non-hydrogen) atoms. The Labute approximate surface area is 184 Å². The fourth-order valence-electron chi connectivity index (χ4n) is 4.61. The lowest BCUT2D eigenvalue weighted by Gasteiger charge is -2.17. The van der Waals surface area contributed by atoms with Crippen LogP contribution in [0.15, 0.2) is 48.7 Å². The van der Waals surface area contributed by atoms with Gasteiger partial charge in [0.1, 0.15) is 5.82 Å². The monoisotopic (exact) mass is 426 g/mol. The Morgan fingerprint density at radius 1 is 1.12 bits per heavy atom. The zero-order valence-electron chi connectivity index (χ0n) is 17.6. The zero-order chi connectivity index (χ0) is 22.0. The van der Waals surface area contributed by atoms with Gasteiger partial charge in [0, 0.05) is 34.7 Å². The number of aromatic nitrogens is 2. The molecule has 0 aliphatic heterocycles. The van der Waals surface area contributed by atoms with Crippen molar-refractivity contribution in [1.29, 1.82) is 0 Å². The van der Waals surface area contributed by atoms with E-state index in [9.17, 15) is 14.4 Å². The number of nitrogens with one attached hydrogen (secondary N) is 3. The molecule has 2 unspecified atom stereocenters. The van der Waals surface area contributed by atoms with Crippen molar-refractivity contribution in [3.05, 3.63) is 59.9 Å². The summed E-state index contributed by atoms with van der Waals surface area (Å²) in [5, 5.41) is 6.22. The number of pyridine rings is 1. The maximum atomic E-state index is 13.3. The summed E-state index contributed by atoms with van der Waals surface area (Å²) < 4.78 is 0. The van der Waals surface area contributed by atoms with E-state index < -0.39 is 5.41 Å². The van der Waals surface area contributed by atoms with Crippen LogP contribution in [0, 0.1) is 17.3 Å². The van der Waals surface area contributed by atoms with Gasteiger partial charge in [0.15, 0.2) is 11.6 Å². The number of rotatable bonds is 5. The molecule has 3 aliphatic carbocycles. The molecule has 1 amide bonds. The van der Waals surface area contributed by atoms with E-state index in [1.165, 1.54) is 0 Å². The van der Waals surface area contributed by atoms with Crippen LogP contribution in [0.1, 0.15) is 47.0 Å². The van der Waals surface area contributed by atoms with Crippen molar-refractivity contribution >= 4 is 34.7 Å². The highest BCUT2D eigenvalue weighted by Gasteiger charge is 2.64. The number of carbonyl (C=O) groups excluding carboxylic acids is 3. The van der Waals surface area contributed by atoms with Gasteiger partial charge in [0.2, 0.25) is 5.91 Å². The van der Waals surface area contributed by atoms with E-state index in [1.807, 2.05) is 37.3 Å². The van der Waals surface area contributed by atoms with Gasteiger partial charge < -0.3 is 15.6 Å². The Morgan fingerprint density at radius 2 is 1.91 bits per heavy atom. The Morgan fingerprint density at radius 3 is 2.66 bits per heavy atom. The molecule has 3 aliphatic rings. The second-order valence-corrected chi connectivity index (χ2v) is 9.18. The maximum absolute atomic E-state index is 13.3. The number of hydrogen-bond donors (Lipinski definition) is 3. The van der Waals surface area contributed by atoms with Gasteiger partial charge >= 0.3 is 0 Å². The summed E-state index contributed by atoms with van der Waals surface area (Å²) in [6.45, 7) is 1.86. The number of ketones is 2. The van der Waals surface area contributed by atoms with Crippen LogP contribution in [-0.4, -0.2) is 27.4 Å². The number of benzene rings is 1. The molecule has 2 heterocycles. The molecule has 6 rings (SSSR count). The first-order chi connectivity index (χ1) is 15.5. The Bertz CT molecular complexity index is 1290. The molecule has 0 bridgehead atoms. The molecule has 1 aromatic carbocycles. The number of fused-ring (bicyclic) bond motifs is 2. The molecule has 2 atom stereocenters. The highest BCUT2D eigenvalue weighted by atomic mass is 16.2. The summed E-state index contributed by atoms with van der Waals surface area (Å²) >= 11 is 0. The van der Waals surface area contributed by atoms with E-state index in [-0.39, 0.29) is 29.3 Å². The van der Waals surface area contributed by atoms with Crippen molar-refractivity contribution < 1.29 is 14.4 Å². The molecular formula is C25H22N4O3. The fraction of sp³-hybridized carbons (Fsp3) is 0.280. The van der Waals surface area contributed by atoms with Crippen molar-refractivity contribution in [2.45, 2.75) is 26.2 Å². The van der Waals surface area contributed by atoms with Crippen molar-refractivity contribution in [3.8, 4) is 11.3 Å². The van der Waals surface area contributed by atoms with Crippen molar-refractivity contribution in [2.24, 2.45) is 17.3 Å². The average Bonchev–Trinajstić information content (AvgIpc) is 3.71. The van der Waals surface area contributed by atoms with Crippen LogP contribution in [-0.2, 0) is 4.79 Å². The molecule has 2 aromatic heterocycles. The van der Waals surface area contributed by atoms with E-state index in [1.54, 1.807) is 18.3 Å². The van der Waals surface area contributed by atoms with Crippen molar-refractivity contribution in [3.63, 3.8) is 0 Å². The van der Waals surface area contributed by atoms with E-state index in [0.29, 0.717) is 34.9 Å². The third-order valence-corrected chi connectivity index (χ3v) is 6.84. The van der Waals surface area contributed by atoms with Gasteiger partial charge in [-0.1, -0.05) is 25.1 Å². The molecule has 0 radical (unpaired) electrons. The van der Waals surface area contributed by atoms with E-state index in [2.05, 4.69) is 20.6 Å². The lowest BCUT2D eigenvalue weighted by Crippen LogP contribution is -2.26. The highest BCUT2D eigenvalue weighted by molar-refractivity contribution is 6.24. The van der Waals surface area contributed by atoms with Crippen molar-refractivity contribution in [2.75, 3.05) is 10.6 Å². The second kappa shape index (κ2) is 6.63. The van der Waals surface area contributed by atoms with E-state index in [4.69, 9.17) is 0 Å². The molecule has 7 heteroatoms. The SMILES string of the molecule is CC12CC1C(=O)c1c([nH]c(-c3ccnc(NC(=O)C4CC4)c3)c1Nc1ccccc1)C2=O. The fourth-order valence-corrected chi connectivity index (χ4v) is 4.61. The molecule has 2 saturated carbocycles. The predicted molar refractivity (Wildman–Crippen MR) is 120 cm³/mol. The van der Waals surface area contributed by atoms with E-state index >= 15 is 0 Å². The van der Waals surface area contributed by atoms with Gasteiger partial charge in [-0.15, -0.1) is 0 Å². The predicted octanol–water partition coefficient (Wildman–Crippen LogP) is 4.57. The highest BCUT2D eigenvalue weighted by Crippen LogP contribution is 2.60. The summed E-state index contributed by atoms with van der Waals surface area (Å²) in [6.07, 6.45) is 4.03. The minimum Gasteiger partial charge on any atom is -0.353 e. The normalized spacial score (nSPS) is 23.3. The Hall–Kier alpha value is -3.74. The lowest BCUT2D eigenvalue weighted by atomic mass is 9.86. The first kappa shape index (κ1) is 19.0. The summed E-state index contributed by atoms with van der Waals surface area (Å²) in [5.74, 6) is 0.214. The lowest BCUT2D eigenvalue weighted by molar-refractivity contribution is -0.117. The minimum atomic E-state index is -0.599. The average molecular weight is 426 g/mol. The van der Waals surface area contributed by atoms with Gasteiger partial charge in [-0.3, -0.25) is 14.4 Å². The summed E-state index contributed by atoms with van der Waals surface area (Å²) in [4.78, 5) is 46.2. The molecule has 3 N–H and O–H groups in total.